The third kappa shape index (κ3) is 4.86. The Hall–Kier alpha value is -1.33. The lowest BCUT2D eigenvalue weighted by Gasteiger charge is -2.34. The van der Waals surface area contributed by atoms with E-state index >= 15 is 0 Å². The van der Waals surface area contributed by atoms with Crippen molar-refractivity contribution in [2.45, 2.75) is 30.9 Å². The number of hydrogen-bond donors (Lipinski definition) is 1. The lowest BCUT2D eigenvalue weighted by molar-refractivity contribution is -0.131. The molecule has 2 atom stereocenters. The van der Waals surface area contributed by atoms with Gasteiger partial charge in [0.2, 0.25) is 0 Å². The van der Waals surface area contributed by atoms with Crippen molar-refractivity contribution in [2.75, 3.05) is 13.1 Å². The van der Waals surface area contributed by atoms with Gasteiger partial charge in [-0.15, -0.1) is 0 Å². The molecule has 2 unspecified atom stereocenters. The molecular formula is C16H20FNO2S. The number of carbonyl (C=O) groups is 1. The first-order valence-corrected chi connectivity index (χ1v) is 7.95. The van der Waals surface area contributed by atoms with Gasteiger partial charge in [0, 0.05) is 41.8 Å². The summed E-state index contributed by atoms with van der Waals surface area (Å²) >= 11 is 1.99. The van der Waals surface area contributed by atoms with Crippen molar-refractivity contribution in [1.82, 2.24) is 4.90 Å². The first kappa shape index (κ1) is 16.0. The van der Waals surface area contributed by atoms with Gasteiger partial charge in [-0.1, -0.05) is 19.9 Å². The predicted molar refractivity (Wildman–Crippen MR) is 84.9 cm³/mol. The number of nitrogens with zero attached hydrogens (tertiary/aromatic N) is 1. The van der Waals surface area contributed by atoms with Crippen LogP contribution in [0.2, 0.25) is 0 Å². The molecule has 3 nitrogen and oxygen atoms in total. The average molecular weight is 309 g/mol. The summed E-state index contributed by atoms with van der Waals surface area (Å²) < 4.78 is 13.7. The molecule has 1 saturated heterocycles. The van der Waals surface area contributed by atoms with Crippen LogP contribution in [0.4, 0.5) is 4.39 Å². The summed E-state index contributed by atoms with van der Waals surface area (Å²) in [6.07, 6.45) is 2.27. The quantitative estimate of drug-likeness (QED) is 0.867. The zero-order valence-electron chi connectivity index (χ0n) is 12.3. The Morgan fingerprint density at radius 1 is 1.43 bits per heavy atom. The molecule has 0 amide bonds. The van der Waals surface area contributed by atoms with E-state index in [1.165, 1.54) is 12.1 Å². The minimum Gasteiger partial charge on any atom is -0.478 e. The van der Waals surface area contributed by atoms with Gasteiger partial charge < -0.3 is 5.11 Å². The molecule has 1 aliphatic heterocycles. The maximum Gasteiger partial charge on any atom is 0.328 e. The van der Waals surface area contributed by atoms with E-state index in [-0.39, 0.29) is 0 Å². The number of carboxylic acid groups (broad SMARTS) is 1. The smallest absolute Gasteiger partial charge is 0.328 e. The van der Waals surface area contributed by atoms with Crippen LogP contribution in [-0.4, -0.2) is 39.6 Å². The predicted octanol–water partition coefficient (Wildman–Crippen LogP) is 3.25. The fraction of sp³-hybridized carbons (Fsp3) is 0.438. The van der Waals surface area contributed by atoms with E-state index in [4.69, 9.17) is 5.11 Å². The van der Waals surface area contributed by atoms with E-state index in [1.54, 1.807) is 12.1 Å². The van der Waals surface area contributed by atoms with E-state index in [9.17, 15) is 9.18 Å². The van der Waals surface area contributed by atoms with Gasteiger partial charge in [-0.3, -0.25) is 4.90 Å². The van der Waals surface area contributed by atoms with Gasteiger partial charge in [-0.25, -0.2) is 9.18 Å². The fourth-order valence-electron chi connectivity index (χ4n) is 2.65. The SMILES string of the molecule is CC1CN(Cc2ccc(F)c(C=CC(=O)O)c2)CC(C)S1. The molecule has 1 aromatic carbocycles. The van der Waals surface area contributed by atoms with E-state index in [2.05, 4.69) is 18.7 Å². The Balaban J connectivity index is 2.10. The standard InChI is InChI=1S/C16H20FNO2S/c1-11-8-18(9-12(2)21-11)10-13-3-5-15(17)14(7-13)4-6-16(19)20/h3-7,11-12H,8-10H2,1-2H3,(H,19,20). The molecule has 2 rings (SSSR count). The number of hydrogen-bond acceptors (Lipinski definition) is 3. The molecule has 1 heterocycles. The number of halogens is 1. The second-order valence-electron chi connectivity index (χ2n) is 5.48. The van der Waals surface area contributed by atoms with E-state index in [0.29, 0.717) is 16.1 Å². The van der Waals surface area contributed by atoms with E-state index < -0.39 is 11.8 Å². The Labute approximate surface area is 128 Å². The van der Waals surface area contributed by atoms with Crippen LogP contribution in [0, 0.1) is 5.82 Å². The van der Waals surface area contributed by atoms with Crippen LogP contribution in [0.1, 0.15) is 25.0 Å². The van der Waals surface area contributed by atoms with Crippen LogP contribution >= 0.6 is 11.8 Å². The zero-order chi connectivity index (χ0) is 15.4. The van der Waals surface area contributed by atoms with Gasteiger partial charge in [0.25, 0.3) is 0 Å². The highest BCUT2D eigenvalue weighted by Crippen LogP contribution is 2.26. The molecule has 1 N–H and O–H groups in total. The molecule has 1 fully saturated rings. The summed E-state index contributed by atoms with van der Waals surface area (Å²) in [7, 11) is 0. The fourth-order valence-corrected chi connectivity index (χ4v) is 4.04. The Morgan fingerprint density at radius 3 is 2.71 bits per heavy atom. The number of thioether (sulfide) groups is 1. The number of benzene rings is 1. The van der Waals surface area contributed by atoms with Crippen molar-refractivity contribution in [2.24, 2.45) is 0 Å². The highest BCUT2D eigenvalue weighted by molar-refractivity contribution is 8.00. The van der Waals surface area contributed by atoms with Gasteiger partial charge in [0.15, 0.2) is 0 Å². The Kier molecular flexibility index (Phi) is 5.42. The van der Waals surface area contributed by atoms with Crippen molar-refractivity contribution < 1.29 is 14.3 Å². The van der Waals surface area contributed by atoms with Gasteiger partial charge in [0.1, 0.15) is 5.82 Å². The highest BCUT2D eigenvalue weighted by atomic mass is 32.2. The summed E-state index contributed by atoms with van der Waals surface area (Å²) in [4.78, 5) is 12.9. The third-order valence-electron chi connectivity index (χ3n) is 3.37. The average Bonchev–Trinajstić information content (AvgIpc) is 2.38. The third-order valence-corrected chi connectivity index (χ3v) is 4.59. The second-order valence-corrected chi connectivity index (χ2v) is 7.36. The summed E-state index contributed by atoms with van der Waals surface area (Å²) in [5, 5.41) is 9.83. The second kappa shape index (κ2) is 7.09. The number of rotatable bonds is 4. The maximum absolute atomic E-state index is 13.7. The van der Waals surface area contributed by atoms with Crippen molar-refractivity contribution in [1.29, 1.82) is 0 Å². The summed E-state index contributed by atoms with van der Waals surface area (Å²) in [6.45, 7) is 7.25. The molecule has 0 spiro atoms. The normalized spacial score (nSPS) is 23.6. The number of aliphatic carboxylic acids is 1. The van der Waals surface area contributed by atoms with Crippen LogP contribution in [0.3, 0.4) is 0 Å². The topological polar surface area (TPSA) is 40.5 Å². The molecule has 0 radical (unpaired) electrons. The molecule has 1 aliphatic rings. The molecule has 0 bridgehead atoms. The minimum atomic E-state index is -1.07. The first-order valence-electron chi connectivity index (χ1n) is 7.01. The van der Waals surface area contributed by atoms with Crippen LogP contribution in [0.5, 0.6) is 0 Å². The van der Waals surface area contributed by atoms with Crippen LogP contribution in [0.25, 0.3) is 6.08 Å². The molecule has 114 valence electrons. The molecular weight excluding hydrogens is 289 g/mol. The van der Waals surface area contributed by atoms with Crippen molar-refractivity contribution in [3.8, 4) is 0 Å². The van der Waals surface area contributed by atoms with Gasteiger partial charge in [-0.2, -0.15) is 11.8 Å². The first-order chi connectivity index (χ1) is 9.94. The summed E-state index contributed by atoms with van der Waals surface area (Å²) in [5.41, 5.74) is 1.33. The van der Waals surface area contributed by atoms with Crippen LogP contribution in [-0.2, 0) is 11.3 Å². The monoisotopic (exact) mass is 309 g/mol. The van der Waals surface area contributed by atoms with Crippen molar-refractivity contribution >= 4 is 23.8 Å². The summed E-state index contributed by atoms with van der Waals surface area (Å²) in [5.74, 6) is -1.47. The van der Waals surface area contributed by atoms with E-state index in [0.717, 1.165) is 31.3 Å². The van der Waals surface area contributed by atoms with Crippen LogP contribution in [0.15, 0.2) is 24.3 Å². The molecule has 1 aromatic rings. The van der Waals surface area contributed by atoms with Gasteiger partial charge >= 0.3 is 5.97 Å². The lowest BCUT2D eigenvalue weighted by Crippen LogP contribution is -2.39. The van der Waals surface area contributed by atoms with Gasteiger partial charge in [-0.05, 0) is 23.8 Å². The molecule has 0 aromatic heterocycles. The zero-order valence-corrected chi connectivity index (χ0v) is 13.1. The number of carboxylic acids is 1. The van der Waals surface area contributed by atoms with Crippen LogP contribution < -0.4 is 0 Å². The summed E-state index contributed by atoms with van der Waals surface area (Å²) in [6, 6.07) is 4.90. The van der Waals surface area contributed by atoms with E-state index in [1.807, 2.05) is 11.8 Å². The van der Waals surface area contributed by atoms with Crippen molar-refractivity contribution in [3.63, 3.8) is 0 Å². The van der Waals surface area contributed by atoms with Gasteiger partial charge in [0.05, 0.1) is 0 Å². The highest BCUT2D eigenvalue weighted by Gasteiger charge is 2.22. The maximum atomic E-state index is 13.7. The molecule has 0 aliphatic carbocycles. The molecule has 5 heteroatoms. The Bertz CT molecular complexity index is 537. The lowest BCUT2D eigenvalue weighted by atomic mass is 10.1. The molecule has 0 saturated carbocycles. The Morgan fingerprint density at radius 2 is 2.10 bits per heavy atom. The largest absolute Gasteiger partial charge is 0.478 e. The molecule has 21 heavy (non-hydrogen) atoms. The minimum absolute atomic E-state index is 0.322. The van der Waals surface area contributed by atoms with Crippen molar-refractivity contribution in [3.05, 3.63) is 41.2 Å².